The van der Waals surface area contributed by atoms with Crippen LogP contribution in [0, 0.1) is 0 Å². The summed E-state index contributed by atoms with van der Waals surface area (Å²) in [7, 11) is 0. The zero-order valence-corrected chi connectivity index (χ0v) is 13.3. The third-order valence-electron chi connectivity index (χ3n) is 3.75. The first-order valence-corrected chi connectivity index (χ1v) is 8.11. The van der Waals surface area contributed by atoms with Gasteiger partial charge in [-0.3, -0.25) is 9.78 Å². The van der Waals surface area contributed by atoms with E-state index in [2.05, 4.69) is 15.3 Å². The van der Waals surface area contributed by atoms with E-state index in [4.69, 9.17) is 14.6 Å². The zero-order valence-electron chi connectivity index (χ0n) is 13.3. The topological polar surface area (TPSA) is 96.5 Å². The van der Waals surface area contributed by atoms with Gasteiger partial charge >= 0.3 is 0 Å². The van der Waals surface area contributed by atoms with Crippen LogP contribution in [0.25, 0.3) is 0 Å². The Balaban J connectivity index is 1.53. The molecule has 0 radical (unpaired) electrons. The molecular formula is C17H21N3O4. The van der Waals surface area contributed by atoms with E-state index >= 15 is 0 Å². The van der Waals surface area contributed by atoms with Crippen LogP contribution >= 0.6 is 0 Å². The highest BCUT2D eigenvalue weighted by molar-refractivity contribution is 5.42. The molecule has 0 spiro atoms. The number of hydrogen-bond acceptors (Lipinski definition) is 6. The second kappa shape index (κ2) is 7.83. The molecule has 3 rings (SSSR count). The molecule has 0 atom stereocenters. The van der Waals surface area contributed by atoms with Crippen molar-refractivity contribution in [3.63, 3.8) is 0 Å². The number of benzene rings is 1. The molecule has 1 aromatic heterocycles. The van der Waals surface area contributed by atoms with Gasteiger partial charge in [0, 0.05) is 24.9 Å². The summed E-state index contributed by atoms with van der Waals surface area (Å²) in [6.45, 7) is 0.908. The molecule has 1 aromatic carbocycles. The van der Waals surface area contributed by atoms with Gasteiger partial charge in [-0.2, -0.15) is 0 Å². The van der Waals surface area contributed by atoms with E-state index in [1.54, 1.807) is 6.20 Å². The maximum Gasteiger partial charge on any atom is 0.255 e. The number of unbranched alkanes of at least 4 members (excludes halogenated alkanes) is 2. The third kappa shape index (κ3) is 4.05. The molecule has 1 aliphatic rings. The second-order valence-electron chi connectivity index (χ2n) is 5.61. The van der Waals surface area contributed by atoms with Crippen molar-refractivity contribution in [2.45, 2.75) is 32.0 Å². The Morgan fingerprint density at radius 2 is 1.92 bits per heavy atom. The molecule has 2 aromatic rings. The molecule has 7 heteroatoms. The van der Waals surface area contributed by atoms with Gasteiger partial charge in [0.25, 0.3) is 5.56 Å². The average Bonchev–Trinajstić information content (AvgIpc) is 2.99. The highest BCUT2D eigenvalue weighted by Gasteiger charge is 2.24. The van der Waals surface area contributed by atoms with E-state index in [0.29, 0.717) is 36.0 Å². The van der Waals surface area contributed by atoms with Gasteiger partial charge in [0.2, 0.25) is 12.2 Å². The molecule has 1 aliphatic heterocycles. The molecule has 3 N–H and O–H groups in total. The summed E-state index contributed by atoms with van der Waals surface area (Å²) in [5.74, 6) is 1.82. The van der Waals surface area contributed by atoms with E-state index < -0.39 is 6.29 Å². The lowest BCUT2D eigenvalue weighted by Crippen LogP contribution is -2.26. The molecule has 7 nitrogen and oxygen atoms in total. The Bertz CT molecular complexity index is 707. The largest absolute Gasteiger partial charge is 0.451 e. The van der Waals surface area contributed by atoms with Crippen LogP contribution in [-0.4, -0.2) is 34.5 Å². The number of rotatable bonds is 8. The summed E-state index contributed by atoms with van der Waals surface area (Å²) in [5, 5.41) is 11.8. The summed E-state index contributed by atoms with van der Waals surface area (Å²) < 4.78 is 11.3. The third-order valence-corrected chi connectivity index (χ3v) is 3.75. The number of aromatic amines is 1. The van der Waals surface area contributed by atoms with Gasteiger partial charge in [0.15, 0.2) is 11.5 Å². The van der Waals surface area contributed by atoms with Crippen LogP contribution in [0.5, 0.6) is 11.5 Å². The number of aromatic nitrogens is 2. The molecule has 0 amide bonds. The summed E-state index contributed by atoms with van der Waals surface area (Å²) in [6, 6.07) is 7.42. The molecule has 0 unspecified atom stereocenters. The van der Waals surface area contributed by atoms with E-state index in [1.165, 1.54) is 0 Å². The Morgan fingerprint density at radius 1 is 1.17 bits per heavy atom. The van der Waals surface area contributed by atoms with Crippen LogP contribution in [0.1, 0.15) is 24.8 Å². The van der Waals surface area contributed by atoms with Crippen LogP contribution in [-0.2, 0) is 6.42 Å². The first kappa shape index (κ1) is 16.3. The predicted octanol–water partition coefficient (Wildman–Crippen LogP) is 1.68. The van der Waals surface area contributed by atoms with E-state index in [-0.39, 0.29) is 12.2 Å². The molecule has 128 valence electrons. The fourth-order valence-corrected chi connectivity index (χ4v) is 2.49. The summed E-state index contributed by atoms with van der Waals surface area (Å²) in [6.07, 6.45) is 3.99. The van der Waals surface area contributed by atoms with Crippen LogP contribution in [0.3, 0.4) is 0 Å². The van der Waals surface area contributed by atoms with Gasteiger partial charge in [-0.05, 0) is 31.4 Å². The number of nitrogens with zero attached hydrogens (tertiary/aromatic N) is 1. The van der Waals surface area contributed by atoms with Crippen molar-refractivity contribution in [3.05, 3.63) is 46.4 Å². The van der Waals surface area contributed by atoms with Gasteiger partial charge in [0.1, 0.15) is 0 Å². The fraction of sp³-hybridized carbons (Fsp3) is 0.412. The van der Waals surface area contributed by atoms with E-state index in [1.807, 2.05) is 24.3 Å². The standard InChI is InChI=1S/C17H21N3O4/c21-9-5-1-4-8-18-17-19-11-12(16(22)20-17)10-15-23-13-6-2-3-7-14(13)24-15/h2-3,6-7,11,15,21H,1,4-5,8-10H2,(H2,18,19,20,22). The van der Waals surface area contributed by atoms with Crippen molar-refractivity contribution >= 4 is 5.95 Å². The number of para-hydroxylation sites is 2. The lowest BCUT2D eigenvalue weighted by molar-refractivity contribution is 0.0499. The van der Waals surface area contributed by atoms with Gasteiger partial charge in [-0.15, -0.1) is 0 Å². The smallest absolute Gasteiger partial charge is 0.255 e. The molecule has 0 saturated carbocycles. The summed E-state index contributed by atoms with van der Waals surface area (Å²) in [5.41, 5.74) is 0.310. The Labute approximate surface area is 139 Å². The van der Waals surface area contributed by atoms with Gasteiger partial charge in [-0.25, -0.2) is 4.98 Å². The van der Waals surface area contributed by atoms with Crippen molar-refractivity contribution in [3.8, 4) is 11.5 Å². The number of ether oxygens (including phenoxy) is 2. The molecule has 2 heterocycles. The first-order chi connectivity index (χ1) is 11.8. The second-order valence-corrected chi connectivity index (χ2v) is 5.61. The van der Waals surface area contributed by atoms with Gasteiger partial charge in [0.05, 0.1) is 6.42 Å². The minimum atomic E-state index is -0.511. The van der Waals surface area contributed by atoms with Crippen LogP contribution in [0.2, 0.25) is 0 Å². The number of aliphatic hydroxyl groups excluding tert-OH is 1. The van der Waals surface area contributed by atoms with E-state index in [9.17, 15) is 4.79 Å². The fourth-order valence-electron chi connectivity index (χ4n) is 2.49. The molecule has 24 heavy (non-hydrogen) atoms. The summed E-state index contributed by atoms with van der Waals surface area (Å²) in [4.78, 5) is 19.1. The average molecular weight is 331 g/mol. The minimum absolute atomic E-state index is 0.203. The van der Waals surface area contributed by atoms with Gasteiger partial charge < -0.3 is 19.9 Å². The normalized spacial score (nSPS) is 13.2. The molecular weight excluding hydrogens is 310 g/mol. The van der Waals surface area contributed by atoms with Crippen molar-refractivity contribution in [1.29, 1.82) is 0 Å². The predicted molar refractivity (Wildman–Crippen MR) is 89.5 cm³/mol. The lowest BCUT2D eigenvalue weighted by atomic mass is 10.2. The highest BCUT2D eigenvalue weighted by atomic mass is 16.7. The number of fused-ring (bicyclic) bond motifs is 1. The van der Waals surface area contributed by atoms with Crippen LogP contribution < -0.4 is 20.3 Å². The number of anilines is 1. The van der Waals surface area contributed by atoms with Crippen molar-refractivity contribution in [1.82, 2.24) is 9.97 Å². The zero-order chi connectivity index (χ0) is 16.8. The van der Waals surface area contributed by atoms with Crippen LogP contribution in [0.15, 0.2) is 35.3 Å². The Morgan fingerprint density at radius 3 is 2.58 bits per heavy atom. The lowest BCUT2D eigenvalue weighted by Gasteiger charge is -2.10. The SMILES string of the molecule is O=c1[nH]c(NCCCCCO)ncc1CC1Oc2ccccc2O1. The van der Waals surface area contributed by atoms with Crippen molar-refractivity contribution < 1.29 is 14.6 Å². The van der Waals surface area contributed by atoms with Crippen LogP contribution in [0.4, 0.5) is 5.95 Å². The first-order valence-electron chi connectivity index (χ1n) is 8.11. The van der Waals surface area contributed by atoms with Crippen molar-refractivity contribution in [2.24, 2.45) is 0 Å². The highest BCUT2D eigenvalue weighted by Crippen LogP contribution is 2.34. The molecule has 0 bridgehead atoms. The number of aliphatic hydroxyl groups is 1. The monoisotopic (exact) mass is 331 g/mol. The quantitative estimate of drug-likeness (QED) is 0.637. The maximum absolute atomic E-state index is 12.2. The molecule has 0 saturated heterocycles. The maximum atomic E-state index is 12.2. The molecule has 0 aliphatic carbocycles. The molecule has 0 fully saturated rings. The summed E-state index contributed by atoms with van der Waals surface area (Å²) >= 11 is 0. The Hall–Kier alpha value is -2.54. The van der Waals surface area contributed by atoms with E-state index in [0.717, 1.165) is 19.3 Å². The Kier molecular flexibility index (Phi) is 5.32. The number of H-pyrrole nitrogens is 1. The van der Waals surface area contributed by atoms with Gasteiger partial charge in [-0.1, -0.05) is 12.1 Å². The number of nitrogens with one attached hydrogen (secondary N) is 2. The minimum Gasteiger partial charge on any atom is -0.451 e. The van der Waals surface area contributed by atoms with Crippen molar-refractivity contribution in [2.75, 3.05) is 18.5 Å². The number of hydrogen-bond donors (Lipinski definition) is 3.